The zero-order valence-electron chi connectivity index (χ0n) is 15.8. The van der Waals surface area contributed by atoms with Crippen LogP contribution < -0.4 is 10.2 Å². The normalized spacial score (nSPS) is 10.7. The summed E-state index contributed by atoms with van der Waals surface area (Å²) >= 11 is 6.11. The van der Waals surface area contributed by atoms with Crippen molar-refractivity contribution in [3.8, 4) is 5.75 Å². The van der Waals surface area contributed by atoms with Gasteiger partial charge in [0.15, 0.2) is 0 Å². The Morgan fingerprint density at radius 1 is 1.07 bits per heavy atom. The summed E-state index contributed by atoms with van der Waals surface area (Å²) < 4.78 is 5.72. The van der Waals surface area contributed by atoms with Crippen molar-refractivity contribution in [1.82, 2.24) is 5.43 Å². The second-order valence-corrected chi connectivity index (χ2v) is 6.75. The number of halogens is 1. The first-order valence-electron chi connectivity index (χ1n) is 9.03. The van der Waals surface area contributed by atoms with Crippen molar-refractivity contribution < 1.29 is 14.5 Å². The lowest BCUT2D eigenvalue weighted by Crippen LogP contribution is -2.19. The van der Waals surface area contributed by atoms with E-state index in [4.69, 9.17) is 16.3 Å². The van der Waals surface area contributed by atoms with Crippen molar-refractivity contribution in [1.29, 1.82) is 0 Å². The van der Waals surface area contributed by atoms with Crippen LogP contribution in [-0.4, -0.2) is 17.0 Å². The molecule has 0 aliphatic rings. The third-order valence-corrected chi connectivity index (χ3v) is 4.52. The lowest BCUT2D eigenvalue weighted by Gasteiger charge is -2.07. The number of amides is 1. The molecule has 0 fully saturated rings. The molecule has 0 spiro atoms. The van der Waals surface area contributed by atoms with E-state index in [1.165, 1.54) is 18.3 Å². The highest BCUT2D eigenvalue weighted by atomic mass is 35.5. The number of carbonyl (C=O) groups excluding carboxylic acids is 1. The standard InChI is InChI=1S/C22H18ClN3O4/c23-21-4-2-1-3-18(21)15-30-20-11-7-17(8-12-20)14-24-25-22(27)13-16-5-9-19(10-6-16)26(28)29/h1-12,14H,13,15H2,(H,25,27)/b24-14+. The fourth-order valence-corrected chi connectivity index (χ4v) is 2.76. The molecule has 152 valence electrons. The summed E-state index contributed by atoms with van der Waals surface area (Å²) in [6, 6.07) is 20.5. The second-order valence-electron chi connectivity index (χ2n) is 6.34. The molecule has 0 saturated carbocycles. The average molecular weight is 424 g/mol. The Morgan fingerprint density at radius 3 is 2.43 bits per heavy atom. The van der Waals surface area contributed by atoms with Crippen LogP contribution in [0.1, 0.15) is 16.7 Å². The fourth-order valence-electron chi connectivity index (χ4n) is 2.57. The molecule has 0 saturated heterocycles. The molecule has 0 heterocycles. The Labute approximate surface area is 178 Å². The summed E-state index contributed by atoms with van der Waals surface area (Å²) in [5, 5.41) is 15.2. The predicted molar refractivity (Wildman–Crippen MR) is 115 cm³/mol. The Bertz CT molecular complexity index is 1050. The van der Waals surface area contributed by atoms with Gasteiger partial charge in [-0.1, -0.05) is 41.9 Å². The minimum Gasteiger partial charge on any atom is -0.489 e. The first-order chi connectivity index (χ1) is 14.5. The summed E-state index contributed by atoms with van der Waals surface area (Å²) in [6.07, 6.45) is 1.59. The molecule has 3 rings (SSSR count). The third kappa shape index (κ3) is 6.15. The predicted octanol–water partition coefficient (Wildman–Crippen LogP) is 4.52. The molecule has 0 radical (unpaired) electrons. The van der Waals surface area contributed by atoms with Gasteiger partial charge in [0.25, 0.3) is 5.69 Å². The van der Waals surface area contributed by atoms with Gasteiger partial charge >= 0.3 is 0 Å². The number of rotatable bonds is 8. The lowest BCUT2D eigenvalue weighted by atomic mass is 10.1. The van der Waals surface area contributed by atoms with Gasteiger partial charge in [-0.15, -0.1) is 0 Å². The quantitative estimate of drug-likeness (QED) is 0.327. The minimum absolute atomic E-state index is 0.0172. The van der Waals surface area contributed by atoms with Crippen molar-refractivity contribution in [3.05, 3.63) is 105 Å². The van der Waals surface area contributed by atoms with Crippen LogP contribution in [0.15, 0.2) is 77.9 Å². The number of benzene rings is 3. The van der Waals surface area contributed by atoms with Gasteiger partial charge in [0, 0.05) is 22.7 Å². The Morgan fingerprint density at radius 2 is 1.77 bits per heavy atom. The van der Waals surface area contributed by atoms with Gasteiger partial charge in [0.2, 0.25) is 5.91 Å². The summed E-state index contributed by atoms with van der Waals surface area (Å²) in [7, 11) is 0. The van der Waals surface area contributed by atoms with Gasteiger partial charge in [-0.05, 0) is 41.5 Å². The molecule has 1 amide bonds. The van der Waals surface area contributed by atoms with Crippen LogP contribution in [0.3, 0.4) is 0 Å². The van der Waals surface area contributed by atoms with Crippen LogP contribution in [0.5, 0.6) is 5.75 Å². The van der Waals surface area contributed by atoms with Gasteiger partial charge in [0.1, 0.15) is 12.4 Å². The number of carbonyl (C=O) groups is 1. The molecule has 1 N–H and O–H groups in total. The zero-order chi connectivity index (χ0) is 21.3. The summed E-state index contributed by atoms with van der Waals surface area (Å²) in [4.78, 5) is 22.1. The van der Waals surface area contributed by atoms with E-state index in [1.807, 2.05) is 36.4 Å². The molecular weight excluding hydrogens is 406 g/mol. The van der Waals surface area contributed by atoms with Crippen molar-refractivity contribution in [3.63, 3.8) is 0 Å². The molecule has 3 aromatic carbocycles. The van der Waals surface area contributed by atoms with Gasteiger partial charge in [-0.25, -0.2) is 5.43 Å². The third-order valence-electron chi connectivity index (χ3n) is 4.15. The Hall–Kier alpha value is -3.71. The van der Waals surface area contributed by atoms with E-state index in [1.54, 1.807) is 24.3 Å². The largest absolute Gasteiger partial charge is 0.489 e. The Balaban J connectivity index is 1.47. The molecular formula is C22H18ClN3O4. The monoisotopic (exact) mass is 423 g/mol. The van der Waals surface area contributed by atoms with Crippen molar-refractivity contribution >= 4 is 29.4 Å². The molecule has 30 heavy (non-hydrogen) atoms. The zero-order valence-corrected chi connectivity index (χ0v) is 16.6. The van der Waals surface area contributed by atoms with E-state index in [-0.39, 0.29) is 18.0 Å². The molecule has 0 unspecified atom stereocenters. The number of nitro groups is 1. The molecule has 0 aliphatic heterocycles. The molecule has 8 heteroatoms. The van der Waals surface area contributed by atoms with E-state index in [0.29, 0.717) is 22.9 Å². The van der Waals surface area contributed by atoms with Gasteiger partial charge in [0.05, 0.1) is 17.6 Å². The number of nitrogens with one attached hydrogen (secondary N) is 1. The molecule has 0 aromatic heterocycles. The molecule has 0 atom stereocenters. The molecule has 3 aromatic rings. The van der Waals surface area contributed by atoms with Crippen LogP contribution in [-0.2, 0) is 17.8 Å². The number of hydrogen-bond donors (Lipinski definition) is 1. The van der Waals surface area contributed by atoms with Crippen LogP contribution in [0.2, 0.25) is 5.02 Å². The Kier molecular flexibility index (Phi) is 7.13. The minimum atomic E-state index is -0.485. The van der Waals surface area contributed by atoms with Gasteiger partial charge < -0.3 is 4.74 Å². The molecule has 7 nitrogen and oxygen atoms in total. The number of nitrogens with zero attached hydrogens (tertiary/aromatic N) is 2. The van der Waals surface area contributed by atoms with Crippen LogP contribution in [0, 0.1) is 10.1 Å². The maximum atomic E-state index is 11.9. The first kappa shape index (κ1) is 21.0. The number of nitro benzene ring substituents is 1. The summed E-state index contributed by atoms with van der Waals surface area (Å²) in [5.74, 6) is 0.370. The van der Waals surface area contributed by atoms with E-state index in [0.717, 1.165) is 11.1 Å². The smallest absolute Gasteiger partial charge is 0.269 e. The van der Waals surface area contributed by atoms with Crippen molar-refractivity contribution in [2.24, 2.45) is 5.10 Å². The second kappa shape index (κ2) is 10.2. The van der Waals surface area contributed by atoms with Gasteiger partial charge in [-0.3, -0.25) is 14.9 Å². The molecule has 0 bridgehead atoms. The number of non-ortho nitro benzene ring substituents is 1. The number of ether oxygens (including phenoxy) is 1. The fraction of sp³-hybridized carbons (Fsp3) is 0.0909. The highest BCUT2D eigenvalue weighted by Crippen LogP contribution is 2.18. The first-order valence-corrected chi connectivity index (χ1v) is 9.40. The van der Waals surface area contributed by atoms with Crippen molar-refractivity contribution in [2.45, 2.75) is 13.0 Å². The van der Waals surface area contributed by atoms with E-state index in [2.05, 4.69) is 10.5 Å². The number of hydrogen-bond acceptors (Lipinski definition) is 5. The van der Waals surface area contributed by atoms with Crippen LogP contribution in [0.25, 0.3) is 0 Å². The maximum Gasteiger partial charge on any atom is 0.269 e. The highest BCUT2D eigenvalue weighted by molar-refractivity contribution is 6.31. The van der Waals surface area contributed by atoms with Gasteiger partial charge in [-0.2, -0.15) is 5.10 Å². The van der Waals surface area contributed by atoms with E-state index >= 15 is 0 Å². The summed E-state index contributed by atoms with van der Waals surface area (Å²) in [6.45, 7) is 0.367. The van der Waals surface area contributed by atoms with Crippen molar-refractivity contribution in [2.75, 3.05) is 0 Å². The average Bonchev–Trinajstić information content (AvgIpc) is 2.74. The summed E-state index contributed by atoms with van der Waals surface area (Å²) in [5.41, 5.74) is 4.77. The lowest BCUT2D eigenvalue weighted by molar-refractivity contribution is -0.384. The topological polar surface area (TPSA) is 93.8 Å². The van der Waals surface area contributed by atoms with Crippen LogP contribution in [0.4, 0.5) is 5.69 Å². The van der Waals surface area contributed by atoms with E-state index < -0.39 is 4.92 Å². The maximum absolute atomic E-state index is 11.9. The number of hydrazone groups is 1. The SMILES string of the molecule is O=C(Cc1ccc([N+](=O)[O-])cc1)N/N=C/c1ccc(OCc2ccccc2Cl)cc1. The van der Waals surface area contributed by atoms with E-state index in [9.17, 15) is 14.9 Å². The molecule has 0 aliphatic carbocycles. The van der Waals surface area contributed by atoms with Crippen LogP contribution >= 0.6 is 11.6 Å². The highest BCUT2D eigenvalue weighted by Gasteiger charge is 2.07.